The van der Waals surface area contributed by atoms with Crippen molar-refractivity contribution in [1.82, 2.24) is 0 Å². The highest BCUT2D eigenvalue weighted by molar-refractivity contribution is 4.81. The average molecular weight is 185 g/mol. The molecule has 0 aromatic rings. The summed E-state index contributed by atoms with van der Waals surface area (Å²) in [5, 5.41) is 0. The minimum atomic E-state index is 0.305. The zero-order valence-electron chi connectivity index (χ0n) is 10.1. The summed E-state index contributed by atoms with van der Waals surface area (Å²) in [6, 6.07) is 0. The number of hydrogen-bond donors (Lipinski definition) is 1. The summed E-state index contributed by atoms with van der Waals surface area (Å²) in [5.74, 6) is 0. The normalized spacial score (nSPS) is 17.1. The van der Waals surface area contributed by atoms with E-state index in [1.807, 2.05) is 0 Å². The molecule has 0 spiro atoms. The molecule has 0 heterocycles. The van der Waals surface area contributed by atoms with Gasteiger partial charge in [-0.05, 0) is 30.2 Å². The van der Waals surface area contributed by atoms with Gasteiger partial charge in [0.2, 0.25) is 0 Å². The van der Waals surface area contributed by atoms with Gasteiger partial charge in [0.25, 0.3) is 0 Å². The molecule has 1 nitrogen and oxygen atoms in total. The summed E-state index contributed by atoms with van der Waals surface area (Å²) in [4.78, 5) is 0. The smallest absolute Gasteiger partial charge is 0.00256 e. The standard InChI is InChI=1S/C12H27N/c1-6-8-12(5,7-2)9-11(3,4)10-13/h6-10,13H2,1-5H3. The molecule has 0 saturated carbocycles. The maximum atomic E-state index is 5.76. The molecule has 0 bridgehead atoms. The molecule has 1 heteroatoms. The van der Waals surface area contributed by atoms with Crippen LogP contribution in [-0.4, -0.2) is 6.54 Å². The molecule has 0 aliphatic heterocycles. The van der Waals surface area contributed by atoms with Crippen molar-refractivity contribution in [2.45, 2.75) is 60.3 Å². The van der Waals surface area contributed by atoms with Gasteiger partial charge in [0.05, 0.1) is 0 Å². The van der Waals surface area contributed by atoms with Gasteiger partial charge in [0.1, 0.15) is 0 Å². The Morgan fingerprint density at radius 3 is 1.92 bits per heavy atom. The first-order valence-electron chi connectivity index (χ1n) is 5.59. The van der Waals surface area contributed by atoms with Crippen molar-refractivity contribution < 1.29 is 0 Å². The van der Waals surface area contributed by atoms with Crippen LogP contribution in [-0.2, 0) is 0 Å². The Morgan fingerprint density at radius 2 is 1.62 bits per heavy atom. The predicted molar refractivity (Wildman–Crippen MR) is 60.8 cm³/mol. The molecule has 0 radical (unpaired) electrons. The van der Waals surface area contributed by atoms with E-state index in [0.29, 0.717) is 10.8 Å². The zero-order chi connectivity index (χ0) is 10.5. The van der Waals surface area contributed by atoms with Crippen molar-refractivity contribution >= 4 is 0 Å². The topological polar surface area (TPSA) is 26.0 Å². The summed E-state index contributed by atoms with van der Waals surface area (Å²) in [7, 11) is 0. The molecule has 80 valence electrons. The van der Waals surface area contributed by atoms with Crippen LogP contribution < -0.4 is 5.73 Å². The average Bonchev–Trinajstić information content (AvgIpc) is 2.04. The summed E-state index contributed by atoms with van der Waals surface area (Å²) < 4.78 is 0. The first-order valence-corrected chi connectivity index (χ1v) is 5.59. The molecule has 13 heavy (non-hydrogen) atoms. The molecule has 1 atom stereocenters. The van der Waals surface area contributed by atoms with Crippen LogP contribution in [0, 0.1) is 10.8 Å². The number of rotatable bonds is 6. The van der Waals surface area contributed by atoms with Gasteiger partial charge in [0.15, 0.2) is 0 Å². The Kier molecular flexibility index (Phi) is 4.98. The van der Waals surface area contributed by atoms with E-state index < -0.39 is 0 Å². The maximum absolute atomic E-state index is 5.76. The molecule has 0 amide bonds. The second kappa shape index (κ2) is 4.99. The van der Waals surface area contributed by atoms with Gasteiger partial charge in [-0.2, -0.15) is 0 Å². The van der Waals surface area contributed by atoms with Crippen LogP contribution in [0.1, 0.15) is 60.3 Å². The summed E-state index contributed by atoms with van der Waals surface area (Å²) in [5.41, 5.74) is 6.57. The van der Waals surface area contributed by atoms with E-state index in [9.17, 15) is 0 Å². The Hall–Kier alpha value is -0.0400. The molecule has 0 rings (SSSR count). The Balaban J connectivity index is 4.25. The summed E-state index contributed by atoms with van der Waals surface area (Å²) in [6.07, 6.45) is 5.13. The van der Waals surface area contributed by atoms with Gasteiger partial charge in [-0.15, -0.1) is 0 Å². The fraction of sp³-hybridized carbons (Fsp3) is 1.00. The molecule has 2 N–H and O–H groups in total. The lowest BCUT2D eigenvalue weighted by atomic mass is 9.70. The van der Waals surface area contributed by atoms with Gasteiger partial charge < -0.3 is 5.73 Å². The third-order valence-electron chi connectivity index (χ3n) is 3.17. The minimum Gasteiger partial charge on any atom is -0.330 e. The largest absolute Gasteiger partial charge is 0.330 e. The van der Waals surface area contributed by atoms with Crippen molar-refractivity contribution in [3.05, 3.63) is 0 Å². The molecule has 0 fully saturated rings. The molecule has 1 unspecified atom stereocenters. The third-order valence-corrected chi connectivity index (χ3v) is 3.17. The van der Waals surface area contributed by atoms with Crippen LogP contribution >= 0.6 is 0 Å². The van der Waals surface area contributed by atoms with Gasteiger partial charge in [0, 0.05) is 0 Å². The lowest BCUT2D eigenvalue weighted by Gasteiger charge is -2.36. The molecule has 0 aliphatic carbocycles. The summed E-state index contributed by atoms with van der Waals surface area (Å²) in [6.45, 7) is 12.3. The van der Waals surface area contributed by atoms with Gasteiger partial charge in [-0.1, -0.05) is 47.5 Å². The second-order valence-electron chi connectivity index (χ2n) is 5.46. The fourth-order valence-corrected chi connectivity index (χ4v) is 2.22. The molecular formula is C12H27N. The van der Waals surface area contributed by atoms with E-state index in [1.165, 1.54) is 25.7 Å². The van der Waals surface area contributed by atoms with Crippen molar-refractivity contribution in [3.63, 3.8) is 0 Å². The first-order chi connectivity index (χ1) is 5.89. The number of hydrogen-bond acceptors (Lipinski definition) is 1. The summed E-state index contributed by atoms with van der Waals surface area (Å²) >= 11 is 0. The Morgan fingerprint density at radius 1 is 1.08 bits per heavy atom. The zero-order valence-corrected chi connectivity index (χ0v) is 10.1. The molecule has 0 saturated heterocycles. The lowest BCUT2D eigenvalue weighted by molar-refractivity contribution is 0.161. The van der Waals surface area contributed by atoms with Crippen molar-refractivity contribution in [1.29, 1.82) is 0 Å². The minimum absolute atomic E-state index is 0.305. The van der Waals surface area contributed by atoms with Gasteiger partial charge >= 0.3 is 0 Å². The van der Waals surface area contributed by atoms with Crippen molar-refractivity contribution in [2.24, 2.45) is 16.6 Å². The second-order valence-corrected chi connectivity index (χ2v) is 5.46. The first kappa shape index (κ1) is 13.0. The van der Waals surface area contributed by atoms with Gasteiger partial charge in [-0.25, -0.2) is 0 Å². The predicted octanol–water partition coefficient (Wildman–Crippen LogP) is 3.58. The lowest BCUT2D eigenvalue weighted by Crippen LogP contribution is -2.31. The Bertz CT molecular complexity index is 140. The van der Waals surface area contributed by atoms with Crippen LogP contribution in [0.3, 0.4) is 0 Å². The van der Waals surface area contributed by atoms with Crippen LogP contribution in [0.15, 0.2) is 0 Å². The van der Waals surface area contributed by atoms with Gasteiger partial charge in [-0.3, -0.25) is 0 Å². The maximum Gasteiger partial charge on any atom is -0.00256 e. The number of nitrogens with two attached hydrogens (primary N) is 1. The van der Waals surface area contributed by atoms with Crippen molar-refractivity contribution in [2.75, 3.05) is 6.54 Å². The molecular weight excluding hydrogens is 158 g/mol. The quantitative estimate of drug-likeness (QED) is 0.672. The van der Waals surface area contributed by atoms with Crippen LogP contribution in [0.25, 0.3) is 0 Å². The van der Waals surface area contributed by atoms with E-state index in [-0.39, 0.29) is 0 Å². The van der Waals surface area contributed by atoms with Crippen LogP contribution in [0.4, 0.5) is 0 Å². The Labute approximate surface area is 84.1 Å². The van der Waals surface area contributed by atoms with E-state index >= 15 is 0 Å². The molecule has 0 aliphatic rings. The monoisotopic (exact) mass is 185 g/mol. The van der Waals surface area contributed by atoms with E-state index in [1.54, 1.807) is 0 Å². The van der Waals surface area contributed by atoms with Crippen LogP contribution in [0.5, 0.6) is 0 Å². The highest BCUT2D eigenvalue weighted by Gasteiger charge is 2.29. The molecule has 0 aromatic carbocycles. The van der Waals surface area contributed by atoms with E-state index in [4.69, 9.17) is 5.73 Å². The highest BCUT2D eigenvalue weighted by atomic mass is 14.6. The van der Waals surface area contributed by atoms with Crippen LogP contribution in [0.2, 0.25) is 0 Å². The van der Waals surface area contributed by atoms with E-state index in [0.717, 1.165) is 6.54 Å². The SMILES string of the molecule is CCCC(C)(CC)CC(C)(C)CN. The third kappa shape index (κ3) is 4.66. The molecule has 0 aromatic heterocycles. The highest BCUT2D eigenvalue weighted by Crippen LogP contribution is 2.39. The van der Waals surface area contributed by atoms with Crippen molar-refractivity contribution in [3.8, 4) is 0 Å². The van der Waals surface area contributed by atoms with E-state index in [2.05, 4.69) is 34.6 Å². The fourth-order valence-electron chi connectivity index (χ4n) is 2.22.